The number of benzene rings is 1. The summed E-state index contributed by atoms with van der Waals surface area (Å²) in [5, 5.41) is 12.6. The molecule has 0 aliphatic rings. The third-order valence-electron chi connectivity index (χ3n) is 3.49. The summed E-state index contributed by atoms with van der Waals surface area (Å²) in [6, 6.07) is 5.08. The van der Waals surface area contributed by atoms with E-state index in [1.54, 1.807) is 18.2 Å². The van der Waals surface area contributed by atoms with Crippen molar-refractivity contribution >= 4 is 5.91 Å². The van der Waals surface area contributed by atoms with Gasteiger partial charge in [-0.1, -0.05) is 44.7 Å². The molecule has 2 N–H and O–H groups in total. The summed E-state index contributed by atoms with van der Waals surface area (Å²) < 4.78 is 0. The maximum atomic E-state index is 12.0. The normalized spacial score (nSPS) is 12.2. The largest absolute Gasteiger partial charge is 0.507 e. The van der Waals surface area contributed by atoms with Gasteiger partial charge in [0.15, 0.2) is 0 Å². The number of unbranched alkanes of at least 4 members (excludes halogenated alkanes) is 1. The van der Waals surface area contributed by atoms with E-state index in [0.29, 0.717) is 18.0 Å². The number of phenols is 1. The van der Waals surface area contributed by atoms with Crippen LogP contribution in [0.1, 0.15) is 55.5 Å². The highest BCUT2D eigenvalue weighted by atomic mass is 16.3. The van der Waals surface area contributed by atoms with Gasteiger partial charge in [-0.2, -0.15) is 0 Å². The molecule has 0 fully saturated rings. The summed E-state index contributed by atoms with van der Waals surface area (Å²) in [6.07, 6.45) is 4.60. The van der Waals surface area contributed by atoms with Crippen molar-refractivity contribution in [1.29, 1.82) is 0 Å². The molecule has 1 atom stereocenters. The highest BCUT2D eigenvalue weighted by Gasteiger charge is 2.13. The lowest BCUT2D eigenvalue weighted by Crippen LogP contribution is -2.29. The molecule has 0 aromatic heterocycles. The van der Waals surface area contributed by atoms with Crippen LogP contribution in [0.4, 0.5) is 0 Å². The van der Waals surface area contributed by atoms with Gasteiger partial charge in [0.2, 0.25) is 0 Å². The first-order valence-electron chi connectivity index (χ1n) is 7.16. The van der Waals surface area contributed by atoms with E-state index in [4.69, 9.17) is 0 Å². The molecule has 1 amide bonds. The second-order valence-corrected chi connectivity index (χ2v) is 5.15. The lowest BCUT2D eigenvalue weighted by Gasteiger charge is -2.15. The van der Waals surface area contributed by atoms with Gasteiger partial charge in [-0.15, -0.1) is 0 Å². The second kappa shape index (κ2) is 7.82. The molecule has 3 heteroatoms. The average molecular weight is 263 g/mol. The van der Waals surface area contributed by atoms with Crippen molar-refractivity contribution < 1.29 is 9.90 Å². The monoisotopic (exact) mass is 263 g/mol. The molecule has 0 aliphatic heterocycles. The van der Waals surface area contributed by atoms with Crippen LogP contribution in [0.3, 0.4) is 0 Å². The number of aromatic hydroxyl groups is 1. The van der Waals surface area contributed by atoms with Crippen molar-refractivity contribution in [2.45, 2.75) is 46.5 Å². The molecule has 1 rings (SSSR count). The number of carbonyl (C=O) groups is 1. The van der Waals surface area contributed by atoms with E-state index in [2.05, 4.69) is 19.2 Å². The average Bonchev–Trinajstić information content (AvgIpc) is 2.41. The highest BCUT2D eigenvalue weighted by molar-refractivity contribution is 5.96. The number of rotatable bonds is 7. The molecule has 1 aromatic rings. The lowest BCUT2D eigenvalue weighted by molar-refractivity contribution is 0.0943. The summed E-state index contributed by atoms with van der Waals surface area (Å²) >= 11 is 0. The van der Waals surface area contributed by atoms with Crippen LogP contribution in [-0.2, 0) is 0 Å². The first-order chi connectivity index (χ1) is 9.08. The number of phenolic OH excluding ortho intramolecular Hbond substituents is 1. The molecule has 0 saturated heterocycles. The Morgan fingerprint density at radius 1 is 1.37 bits per heavy atom. The zero-order valence-electron chi connectivity index (χ0n) is 12.2. The molecular formula is C16H25NO2. The van der Waals surface area contributed by atoms with Crippen LogP contribution in [-0.4, -0.2) is 17.6 Å². The highest BCUT2D eigenvalue weighted by Crippen LogP contribution is 2.18. The van der Waals surface area contributed by atoms with Gasteiger partial charge >= 0.3 is 0 Å². The Labute approximate surface area is 116 Å². The van der Waals surface area contributed by atoms with Crippen molar-refractivity contribution in [3.05, 3.63) is 29.3 Å². The van der Waals surface area contributed by atoms with Gasteiger partial charge in [-0.05, 0) is 31.4 Å². The van der Waals surface area contributed by atoms with Gasteiger partial charge < -0.3 is 10.4 Å². The topological polar surface area (TPSA) is 49.3 Å². The van der Waals surface area contributed by atoms with Gasteiger partial charge in [0.25, 0.3) is 5.91 Å². The van der Waals surface area contributed by atoms with Crippen molar-refractivity contribution in [3.63, 3.8) is 0 Å². The van der Waals surface area contributed by atoms with Crippen LogP contribution in [0.15, 0.2) is 18.2 Å². The number of hydrogen-bond acceptors (Lipinski definition) is 2. The van der Waals surface area contributed by atoms with Crippen LogP contribution in [0.25, 0.3) is 0 Å². The van der Waals surface area contributed by atoms with E-state index in [-0.39, 0.29) is 11.7 Å². The number of amides is 1. The molecule has 3 nitrogen and oxygen atoms in total. The number of carbonyl (C=O) groups excluding carboxylic acids is 1. The lowest BCUT2D eigenvalue weighted by atomic mass is 9.99. The van der Waals surface area contributed by atoms with Crippen molar-refractivity contribution in [1.82, 2.24) is 5.32 Å². The van der Waals surface area contributed by atoms with E-state index in [1.807, 2.05) is 6.92 Å². The number of hydrogen-bond donors (Lipinski definition) is 2. The fourth-order valence-electron chi connectivity index (χ4n) is 2.11. The standard InChI is InChI=1S/C16H25NO2/c1-4-6-7-13(5-2)11-17-16(19)14-10-12(3)8-9-15(14)18/h8-10,13,18H,4-7,11H2,1-3H3,(H,17,19). The minimum absolute atomic E-state index is 0.0460. The Bertz CT molecular complexity index is 415. The molecule has 0 spiro atoms. The van der Waals surface area contributed by atoms with E-state index in [1.165, 1.54) is 12.8 Å². The quantitative estimate of drug-likeness (QED) is 0.789. The van der Waals surface area contributed by atoms with Gasteiger partial charge in [-0.3, -0.25) is 4.79 Å². The zero-order chi connectivity index (χ0) is 14.3. The molecule has 0 bridgehead atoms. The molecule has 19 heavy (non-hydrogen) atoms. The molecule has 1 aromatic carbocycles. The van der Waals surface area contributed by atoms with Crippen LogP contribution in [0.5, 0.6) is 5.75 Å². The summed E-state index contributed by atoms with van der Waals surface area (Å²) in [6.45, 7) is 6.92. The van der Waals surface area contributed by atoms with Crippen molar-refractivity contribution in [2.75, 3.05) is 6.54 Å². The fourth-order valence-corrected chi connectivity index (χ4v) is 2.11. The van der Waals surface area contributed by atoms with E-state index < -0.39 is 0 Å². The minimum atomic E-state index is -0.184. The van der Waals surface area contributed by atoms with Crippen molar-refractivity contribution in [2.24, 2.45) is 5.92 Å². The molecule has 0 saturated carbocycles. The van der Waals surface area contributed by atoms with Crippen LogP contribution < -0.4 is 5.32 Å². The van der Waals surface area contributed by atoms with E-state index in [0.717, 1.165) is 18.4 Å². The SMILES string of the molecule is CCCCC(CC)CNC(=O)c1cc(C)ccc1O. The fraction of sp³-hybridized carbons (Fsp3) is 0.562. The Morgan fingerprint density at radius 2 is 2.11 bits per heavy atom. The van der Waals surface area contributed by atoms with Gasteiger partial charge in [0.05, 0.1) is 5.56 Å². The maximum Gasteiger partial charge on any atom is 0.255 e. The van der Waals surface area contributed by atoms with Crippen LogP contribution >= 0.6 is 0 Å². The van der Waals surface area contributed by atoms with Gasteiger partial charge in [0, 0.05) is 6.54 Å². The smallest absolute Gasteiger partial charge is 0.255 e. The molecule has 1 unspecified atom stereocenters. The third-order valence-corrected chi connectivity index (χ3v) is 3.49. The molecule has 0 aliphatic carbocycles. The first-order valence-corrected chi connectivity index (χ1v) is 7.16. The first kappa shape index (κ1) is 15.5. The predicted octanol–water partition coefficient (Wildman–Crippen LogP) is 3.65. The van der Waals surface area contributed by atoms with E-state index >= 15 is 0 Å². The molecule has 0 radical (unpaired) electrons. The molecule has 0 heterocycles. The summed E-state index contributed by atoms with van der Waals surface area (Å²) in [5.41, 5.74) is 1.34. The van der Waals surface area contributed by atoms with Crippen LogP contribution in [0, 0.1) is 12.8 Å². The van der Waals surface area contributed by atoms with Gasteiger partial charge in [-0.25, -0.2) is 0 Å². The van der Waals surface area contributed by atoms with Gasteiger partial charge in [0.1, 0.15) is 5.75 Å². The van der Waals surface area contributed by atoms with E-state index in [9.17, 15) is 9.90 Å². The number of nitrogens with one attached hydrogen (secondary N) is 1. The van der Waals surface area contributed by atoms with Crippen LogP contribution in [0.2, 0.25) is 0 Å². The molecule has 106 valence electrons. The summed E-state index contributed by atoms with van der Waals surface area (Å²) in [5.74, 6) is 0.386. The third kappa shape index (κ3) is 4.93. The summed E-state index contributed by atoms with van der Waals surface area (Å²) in [7, 11) is 0. The summed E-state index contributed by atoms with van der Waals surface area (Å²) in [4.78, 5) is 12.0. The Balaban J connectivity index is 2.56. The maximum absolute atomic E-state index is 12.0. The minimum Gasteiger partial charge on any atom is -0.507 e. The Hall–Kier alpha value is -1.51. The Morgan fingerprint density at radius 3 is 2.74 bits per heavy atom. The predicted molar refractivity (Wildman–Crippen MR) is 78.5 cm³/mol. The Kier molecular flexibility index (Phi) is 6.40. The second-order valence-electron chi connectivity index (χ2n) is 5.15. The zero-order valence-corrected chi connectivity index (χ0v) is 12.2. The number of aryl methyl sites for hydroxylation is 1. The van der Waals surface area contributed by atoms with Crippen molar-refractivity contribution in [3.8, 4) is 5.75 Å². The molecular weight excluding hydrogens is 238 g/mol.